The number of halogens is 4. The van der Waals surface area contributed by atoms with Crippen LogP contribution in [0.25, 0.3) is 107 Å². The van der Waals surface area contributed by atoms with Crippen molar-refractivity contribution in [2.24, 2.45) is 0 Å². The van der Waals surface area contributed by atoms with Gasteiger partial charge in [0.2, 0.25) is 0 Å². The summed E-state index contributed by atoms with van der Waals surface area (Å²) in [6.45, 7) is 0. The molecule has 0 aliphatic heterocycles. The molecule has 1 aromatic heterocycles. The number of hydrogen-bond acceptors (Lipinski definition) is 0. The minimum atomic E-state index is -0.596. The van der Waals surface area contributed by atoms with Crippen molar-refractivity contribution in [1.29, 1.82) is 0 Å². The van der Waals surface area contributed by atoms with E-state index >= 15 is 17.6 Å². The van der Waals surface area contributed by atoms with Crippen LogP contribution in [0.5, 0.6) is 0 Å². The first kappa shape index (κ1) is 33.8. The fraction of sp³-hybridized carbons (Fsp3) is 0. The molecular weight excluding hydrogens is 780 g/mol. The van der Waals surface area contributed by atoms with E-state index in [0.717, 1.165) is 65.3 Å². The average molecular weight is 808 g/mol. The van der Waals surface area contributed by atoms with Crippen LogP contribution in [0.2, 0.25) is 0 Å². The van der Waals surface area contributed by atoms with E-state index in [2.05, 4.69) is 48.5 Å². The molecule has 0 bridgehead atoms. The van der Waals surface area contributed by atoms with E-state index < -0.39 is 23.3 Å². The van der Waals surface area contributed by atoms with E-state index in [1.165, 1.54) is 55.7 Å². The van der Waals surface area contributed by atoms with E-state index in [4.69, 9.17) is 0 Å². The summed E-state index contributed by atoms with van der Waals surface area (Å²) in [7, 11) is 0. The molecule has 0 aliphatic rings. The van der Waals surface area contributed by atoms with Crippen molar-refractivity contribution in [3.05, 3.63) is 193 Å². The van der Waals surface area contributed by atoms with E-state index in [0.29, 0.717) is 11.1 Å². The Morgan fingerprint density at radius 1 is 0.281 bits per heavy atom. The average Bonchev–Trinajstić information content (AvgIpc) is 3.61. The summed E-state index contributed by atoms with van der Waals surface area (Å²) in [5.41, 5.74) is 5.25. The molecule has 0 amide bonds. The molecule has 0 nitrogen and oxygen atoms in total. The second-order valence-electron chi connectivity index (χ2n) is 14.4. The summed E-state index contributed by atoms with van der Waals surface area (Å²) in [4.78, 5) is 0. The fourth-order valence-corrected chi connectivity index (χ4v) is 11.7. The molecule has 0 saturated carbocycles. The van der Waals surface area contributed by atoms with Gasteiger partial charge in [0.15, 0.2) is 0 Å². The van der Waals surface area contributed by atoms with E-state index in [1.54, 1.807) is 0 Å². The Morgan fingerprint density at radius 2 is 0.649 bits per heavy atom. The molecule has 57 heavy (non-hydrogen) atoms. The van der Waals surface area contributed by atoms with Crippen LogP contribution in [0, 0.1) is 23.3 Å². The summed E-state index contributed by atoms with van der Waals surface area (Å²) < 4.78 is 64.5. The molecule has 10 aromatic carbocycles. The van der Waals surface area contributed by atoms with Gasteiger partial charge < -0.3 is 0 Å². The Bertz CT molecular complexity index is 3320. The number of rotatable bonds is 4. The van der Waals surface area contributed by atoms with Crippen molar-refractivity contribution in [1.82, 2.24) is 0 Å². The van der Waals surface area contributed by atoms with Gasteiger partial charge in [0.25, 0.3) is 0 Å². The van der Waals surface area contributed by atoms with Crippen LogP contribution >= 0.6 is 0 Å². The monoisotopic (exact) mass is 808 g/mol. The van der Waals surface area contributed by atoms with E-state index in [9.17, 15) is 0 Å². The number of benzene rings is 10. The summed E-state index contributed by atoms with van der Waals surface area (Å²) in [6.07, 6.45) is 0. The van der Waals surface area contributed by atoms with Crippen LogP contribution in [0.4, 0.5) is 17.6 Å². The Hall–Kier alpha value is -6.52. The molecule has 5 heteroatoms. The van der Waals surface area contributed by atoms with E-state index in [1.807, 2.05) is 84.9 Å². The van der Waals surface area contributed by atoms with Crippen molar-refractivity contribution in [3.63, 3.8) is 0 Å². The number of hydrogen-bond donors (Lipinski definition) is 0. The van der Waals surface area contributed by atoms with Gasteiger partial charge in [-0.25, -0.2) is 0 Å². The maximum absolute atomic E-state index is 15.5. The molecule has 0 spiro atoms. The van der Waals surface area contributed by atoms with Crippen molar-refractivity contribution in [2.75, 3.05) is 0 Å². The van der Waals surface area contributed by atoms with Crippen LogP contribution in [0.1, 0.15) is 0 Å². The first-order valence-corrected chi connectivity index (χ1v) is 20.4. The van der Waals surface area contributed by atoms with Gasteiger partial charge in [0.05, 0.1) is 0 Å². The van der Waals surface area contributed by atoms with Crippen molar-refractivity contribution in [2.45, 2.75) is 0 Å². The van der Waals surface area contributed by atoms with Crippen molar-refractivity contribution < 1.29 is 17.6 Å². The molecule has 0 atom stereocenters. The molecule has 11 rings (SSSR count). The minimum absolute atomic E-state index is 0.0222. The molecule has 270 valence electrons. The quantitative estimate of drug-likeness (QED) is 0.0944. The summed E-state index contributed by atoms with van der Waals surface area (Å²) in [6, 6.07) is 52.8. The zero-order valence-corrected chi connectivity index (χ0v) is 31.8. The van der Waals surface area contributed by atoms with Gasteiger partial charge in [0.1, 0.15) is 0 Å². The third-order valence-electron chi connectivity index (χ3n) is 11.3. The molecule has 0 radical (unpaired) electrons. The molecule has 0 fully saturated rings. The molecular formula is C52H28F4Se. The molecule has 0 saturated heterocycles. The SMILES string of the molecule is Fc1cccc(F)c1-c1c2ccccc2c(-c2ccc3c(c2)[se]c2c(-c4c5ccccc5c(-c5c(F)cccc5F)c5ccccc45)cccc23)c2ccccc12. The van der Waals surface area contributed by atoms with E-state index in [-0.39, 0.29) is 25.6 Å². The normalized spacial score (nSPS) is 11.9. The maximum atomic E-state index is 15.5. The van der Waals surface area contributed by atoms with Crippen LogP contribution in [-0.2, 0) is 0 Å². The number of fused-ring (bicyclic) bond motifs is 7. The van der Waals surface area contributed by atoms with Gasteiger partial charge in [-0.2, -0.15) is 0 Å². The standard InChI is InChI=1S/C52H28F4Se/c53-41-22-10-23-42(54)50(41)48-35-16-5-1-12-31(35)46(32-13-2-6-17-36(32)48)29-26-27-30-39-20-9-21-40(52(39)57-45(30)28-29)47-33-14-3-7-18-37(33)49(38-19-8-4-15-34(38)47)51-43(55)24-11-25-44(51)56/h1-28H. The Morgan fingerprint density at radius 3 is 1.09 bits per heavy atom. The summed E-state index contributed by atoms with van der Waals surface area (Å²) in [5.74, 6) is -2.38. The first-order valence-electron chi connectivity index (χ1n) is 18.7. The second kappa shape index (κ2) is 13.0. The van der Waals surface area contributed by atoms with Crippen molar-refractivity contribution in [3.8, 4) is 44.5 Å². The third-order valence-corrected chi connectivity index (χ3v) is 13.9. The van der Waals surface area contributed by atoms with Crippen LogP contribution in [0.15, 0.2) is 170 Å². The summed E-state index contributed by atoms with van der Waals surface area (Å²) in [5, 5.41) is 9.18. The van der Waals surface area contributed by atoms with Crippen LogP contribution in [-0.4, -0.2) is 14.5 Å². The van der Waals surface area contributed by atoms with Gasteiger partial charge in [-0.05, 0) is 0 Å². The van der Waals surface area contributed by atoms with Crippen LogP contribution < -0.4 is 0 Å². The zero-order chi connectivity index (χ0) is 38.4. The molecule has 0 aliphatic carbocycles. The van der Waals surface area contributed by atoms with Gasteiger partial charge in [-0.15, -0.1) is 0 Å². The Balaban J connectivity index is 1.18. The third kappa shape index (κ3) is 5.06. The van der Waals surface area contributed by atoms with Gasteiger partial charge in [-0.3, -0.25) is 0 Å². The van der Waals surface area contributed by atoms with Gasteiger partial charge in [0, 0.05) is 0 Å². The summed E-state index contributed by atoms with van der Waals surface area (Å²) >= 11 is -0.0996. The molecule has 0 N–H and O–H groups in total. The Kier molecular flexibility index (Phi) is 7.72. The van der Waals surface area contributed by atoms with Gasteiger partial charge in [-0.1, -0.05) is 0 Å². The fourth-order valence-electron chi connectivity index (χ4n) is 9.02. The predicted molar refractivity (Wildman–Crippen MR) is 230 cm³/mol. The van der Waals surface area contributed by atoms with Crippen LogP contribution in [0.3, 0.4) is 0 Å². The first-order chi connectivity index (χ1) is 28.0. The topological polar surface area (TPSA) is 0 Å². The molecule has 1 heterocycles. The van der Waals surface area contributed by atoms with Gasteiger partial charge >= 0.3 is 332 Å². The second-order valence-corrected chi connectivity index (χ2v) is 16.6. The van der Waals surface area contributed by atoms with Crippen molar-refractivity contribution >= 4 is 76.9 Å². The molecule has 0 unspecified atom stereocenters. The Labute approximate surface area is 330 Å². The molecule has 11 aromatic rings. The predicted octanol–water partition coefficient (Wildman–Crippen LogP) is 14.9. The zero-order valence-electron chi connectivity index (χ0n) is 30.1.